The molecule has 0 spiro atoms. The molecule has 0 bridgehead atoms. The Morgan fingerprint density at radius 1 is 1.38 bits per heavy atom. The molecule has 3 N–H and O–H groups in total. The number of aromatic nitrogens is 2. The van der Waals surface area contributed by atoms with Crippen molar-refractivity contribution in [3.63, 3.8) is 0 Å². The van der Waals surface area contributed by atoms with Crippen LogP contribution in [-0.4, -0.2) is 24.1 Å². The van der Waals surface area contributed by atoms with Gasteiger partial charge in [-0.2, -0.15) is 5.10 Å². The maximum Gasteiger partial charge on any atom is 0.242 e. The molecule has 0 aliphatic heterocycles. The van der Waals surface area contributed by atoms with Gasteiger partial charge in [-0.15, -0.1) is 0 Å². The average Bonchev–Trinajstić information content (AvgIpc) is 3.11. The molecule has 126 valence electrons. The monoisotopic (exact) mass is 348 g/mol. The average molecular weight is 348 g/mol. The first-order valence-electron chi connectivity index (χ1n) is 7.13. The molecule has 2 heterocycles. The minimum absolute atomic E-state index is 0.116. The van der Waals surface area contributed by atoms with Crippen LogP contribution in [0.15, 0.2) is 46.0 Å². The second-order valence-electron chi connectivity index (χ2n) is 5.34. The number of rotatable bonds is 5. The molecule has 3 aromatic rings. The van der Waals surface area contributed by atoms with Crippen LogP contribution in [0.4, 0.5) is 0 Å². The summed E-state index contributed by atoms with van der Waals surface area (Å²) in [6, 6.07) is 7.63. The van der Waals surface area contributed by atoms with Crippen molar-refractivity contribution in [2.75, 3.05) is 0 Å². The van der Waals surface area contributed by atoms with Crippen LogP contribution in [0.3, 0.4) is 0 Å². The number of nitrogens with two attached hydrogens (primary N) is 1. The number of carbonyl (C=O) groups is 1. The lowest BCUT2D eigenvalue weighted by Gasteiger charge is -2.04. The van der Waals surface area contributed by atoms with Crippen molar-refractivity contribution >= 4 is 26.9 Å². The van der Waals surface area contributed by atoms with Crippen LogP contribution < -0.4 is 10.5 Å². The van der Waals surface area contributed by atoms with Gasteiger partial charge >= 0.3 is 0 Å². The molecule has 3 rings (SSSR count). The van der Waals surface area contributed by atoms with Crippen LogP contribution in [0, 0.1) is 6.92 Å². The predicted molar refractivity (Wildman–Crippen MR) is 86.4 cm³/mol. The first-order valence-corrected chi connectivity index (χ1v) is 8.68. The molecule has 1 aromatic carbocycles. The molecule has 24 heavy (non-hydrogen) atoms. The Bertz CT molecular complexity index is 1000. The second kappa shape index (κ2) is 6.10. The normalized spacial score (nSPS) is 11.8. The fourth-order valence-corrected chi connectivity index (χ4v) is 2.82. The maximum atomic E-state index is 12.0. The predicted octanol–water partition coefficient (Wildman–Crippen LogP) is 0.902. The Kier molecular flexibility index (Phi) is 4.12. The third kappa shape index (κ3) is 3.31. The van der Waals surface area contributed by atoms with Gasteiger partial charge in [-0.25, -0.2) is 13.6 Å². The molecule has 0 saturated carbocycles. The van der Waals surface area contributed by atoms with Gasteiger partial charge in [-0.05, 0) is 13.0 Å². The zero-order valence-corrected chi connectivity index (χ0v) is 13.7. The third-order valence-electron chi connectivity index (χ3n) is 3.63. The van der Waals surface area contributed by atoms with E-state index in [1.54, 1.807) is 0 Å². The number of benzene rings is 1. The lowest BCUT2D eigenvalue weighted by Crippen LogP contribution is -2.27. The number of primary sulfonamides is 1. The summed E-state index contributed by atoms with van der Waals surface area (Å²) in [6.45, 7) is 2.05. The van der Waals surface area contributed by atoms with Crippen LogP contribution >= 0.6 is 0 Å². The van der Waals surface area contributed by atoms with Crippen LogP contribution in [0.25, 0.3) is 11.0 Å². The Hall–Kier alpha value is -2.65. The number of sulfonamides is 1. The SMILES string of the molecule is Cc1c(CNC(=O)Cn2cc(S(N)(=O)=O)cn2)oc2ccccc12. The number of nitrogens with one attached hydrogen (secondary N) is 1. The number of hydrogen-bond acceptors (Lipinski definition) is 5. The van der Waals surface area contributed by atoms with Crippen LogP contribution in [-0.2, 0) is 27.9 Å². The molecule has 0 atom stereocenters. The van der Waals surface area contributed by atoms with Gasteiger partial charge in [0.2, 0.25) is 15.9 Å². The van der Waals surface area contributed by atoms with Gasteiger partial charge in [0.25, 0.3) is 0 Å². The summed E-state index contributed by atoms with van der Waals surface area (Å²) in [5.74, 6) is 0.356. The van der Waals surface area contributed by atoms with Crippen LogP contribution in [0.2, 0.25) is 0 Å². The van der Waals surface area contributed by atoms with Crippen LogP contribution in [0.1, 0.15) is 11.3 Å². The lowest BCUT2D eigenvalue weighted by atomic mass is 10.1. The fourth-order valence-electron chi connectivity index (χ4n) is 2.35. The smallest absolute Gasteiger partial charge is 0.242 e. The van der Waals surface area contributed by atoms with E-state index in [4.69, 9.17) is 9.56 Å². The lowest BCUT2D eigenvalue weighted by molar-refractivity contribution is -0.122. The molecule has 9 heteroatoms. The van der Waals surface area contributed by atoms with Gasteiger partial charge in [0.05, 0.1) is 12.7 Å². The van der Waals surface area contributed by atoms with E-state index in [1.807, 2.05) is 31.2 Å². The summed E-state index contributed by atoms with van der Waals surface area (Å²) >= 11 is 0. The van der Waals surface area contributed by atoms with E-state index in [1.165, 1.54) is 10.9 Å². The largest absolute Gasteiger partial charge is 0.459 e. The van der Waals surface area contributed by atoms with Crippen molar-refractivity contribution in [2.24, 2.45) is 5.14 Å². The van der Waals surface area contributed by atoms with Crippen LogP contribution in [0.5, 0.6) is 0 Å². The maximum absolute atomic E-state index is 12.0. The van der Waals surface area contributed by atoms with Crippen molar-refractivity contribution < 1.29 is 17.6 Å². The molecule has 8 nitrogen and oxygen atoms in total. The molecular formula is C15H16N4O4S. The second-order valence-corrected chi connectivity index (χ2v) is 6.90. The van der Waals surface area contributed by atoms with Gasteiger partial charge in [-0.1, -0.05) is 18.2 Å². The molecular weight excluding hydrogens is 332 g/mol. The van der Waals surface area contributed by atoms with E-state index < -0.39 is 10.0 Å². The summed E-state index contributed by atoms with van der Waals surface area (Å²) in [5, 5.41) is 12.5. The molecule has 0 unspecified atom stereocenters. The van der Waals surface area contributed by atoms with Crippen molar-refractivity contribution in [1.82, 2.24) is 15.1 Å². The Morgan fingerprint density at radius 2 is 2.12 bits per heavy atom. The summed E-state index contributed by atoms with van der Waals surface area (Å²) < 4.78 is 29.3. The molecule has 0 saturated heterocycles. The van der Waals surface area contributed by atoms with Gasteiger partial charge < -0.3 is 9.73 Å². The number of hydrogen-bond donors (Lipinski definition) is 2. The summed E-state index contributed by atoms with van der Waals surface area (Å²) in [7, 11) is -3.82. The van der Waals surface area contributed by atoms with Crippen molar-refractivity contribution in [3.8, 4) is 0 Å². The standard InChI is InChI=1S/C15H16N4O4S/c1-10-12-4-2-3-5-13(12)23-14(10)7-17-15(20)9-19-8-11(6-18-19)24(16,21)22/h2-6,8H,7,9H2,1H3,(H,17,20)(H2,16,21,22). The minimum Gasteiger partial charge on any atom is -0.459 e. The van der Waals surface area contributed by atoms with E-state index in [9.17, 15) is 13.2 Å². The van der Waals surface area contributed by atoms with E-state index in [-0.39, 0.29) is 23.9 Å². The van der Waals surface area contributed by atoms with E-state index >= 15 is 0 Å². The topological polar surface area (TPSA) is 120 Å². The number of aryl methyl sites for hydroxylation is 1. The molecule has 0 fully saturated rings. The van der Waals surface area contributed by atoms with Crippen molar-refractivity contribution in [2.45, 2.75) is 24.9 Å². The van der Waals surface area contributed by atoms with Gasteiger partial charge in [0.15, 0.2) is 0 Å². The highest BCUT2D eigenvalue weighted by atomic mass is 32.2. The van der Waals surface area contributed by atoms with Crippen molar-refractivity contribution in [1.29, 1.82) is 0 Å². The highest BCUT2D eigenvalue weighted by Crippen LogP contribution is 2.24. The first kappa shape index (κ1) is 16.2. The Labute approximate surface area is 138 Å². The first-order chi connectivity index (χ1) is 11.3. The van der Waals surface area contributed by atoms with E-state index in [2.05, 4.69) is 10.4 Å². The summed E-state index contributed by atoms with van der Waals surface area (Å²) in [6.07, 6.45) is 2.31. The van der Waals surface area contributed by atoms with Crippen molar-refractivity contribution in [3.05, 3.63) is 48.0 Å². The highest BCUT2D eigenvalue weighted by molar-refractivity contribution is 7.89. The molecule has 2 aromatic heterocycles. The summed E-state index contributed by atoms with van der Waals surface area (Å²) in [5.41, 5.74) is 1.74. The molecule has 0 aliphatic rings. The Balaban J connectivity index is 1.65. The minimum atomic E-state index is -3.82. The number of furan rings is 1. The molecule has 1 amide bonds. The van der Waals surface area contributed by atoms with Gasteiger partial charge in [0, 0.05) is 17.1 Å². The third-order valence-corrected chi connectivity index (χ3v) is 4.50. The van der Waals surface area contributed by atoms with Gasteiger partial charge in [-0.3, -0.25) is 9.48 Å². The number of nitrogens with zero attached hydrogens (tertiary/aromatic N) is 2. The number of fused-ring (bicyclic) bond motifs is 1. The molecule has 0 aliphatic carbocycles. The number of carbonyl (C=O) groups excluding carboxylic acids is 1. The summed E-state index contributed by atoms with van der Waals surface area (Å²) in [4.78, 5) is 11.8. The van der Waals surface area contributed by atoms with E-state index in [0.717, 1.165) is 22.7 Å². The van der Waals surface area contributed by atoms with Gasteiger partial charge in [0.1, 0.15) is 22.8 Å². The van der Waals surface area contributed by atoms with E-state index in [0.29, 0.717) is 5.76 Å². The Morgan fingerprint density at radius 3 is 2.79 bits per heavy atom. The fraction of sp³-hybridized carbons (Fsp3) is 0.200. The number of para-hydroxylation sites is 1. The highest BCUT2D eigenvalue weighted by Gasteiger charge is 2.14. The molecule has 0 radical (unpaired) electrons. The number of amides is 1. The quantitative estimate of drug-likeness (QED) is 0.710. The zero-order chi connectivity index (χ0) is 17.3. The zero-order valence-electron chi connectivity index (χ0n) is 12.9.